The molecule has 2 aliphatic rings. The molecule has 0 atom stereocenters. The molecular weight excluding hydrogens is 378 g/mol. The monoisotopic (exact) mass is 407 g/mol. The minimum Gasteiger partial charge on any atom is -0.276 e. The van der Waals surface area contributed by atoms with E-state index in [4.69, 9.17) is 4.99 Å². The Hall–Kier alpha value is -2.20. The Labute approximate surface area is 174 Å². The molecule has 0 unspecified atom stereocenters. The van der Waals surface area contributed by atoms with E-state index in [0.717, 1.165) is 48.9 Å². The van der Waals surface area contributed by atoms with Crippen LogP contribution in [-0.4, -0.2) is 19.7 Å². The molecular formula is C25H29NO2S. The van der Waals surface area contributed by atoms with Crippen LogP contribution >= 0.6 is 0 Å². The topological polar surface area (TPSA) is 46.5 Å². The molecule has 0 aromatic heterocycles. The van der Waals surface area contributed by atoms with Gasteiger partial charge in [0.15, 0.2) is 0 Å². The van der Waals surface area contributed by atoms with Crippen molar-refractivity contribution in [1.29, 1.82) is 0 Å². The average molecular weight is 408 g/mol. The molecule has 1 saturated carbocycles. The fraction of sp³-hybridized carbons (Fsp3) is 0.400. The first kappa shape index (κ1) is 20.1. The number of aryl methyl sites for hydroxylation is 1. The summed E-state index contributed by atoms with van der Waals surface area (Å²) in [5, 5.41) is 0. The summed E-state index contributed by atoms with van der Waals surface area (Å²) >= 11 is 0. The fourth-order valence-corrected chi connectivity index (χ4v) is 6.59. The highest BCUT2D eigenvalue weighted by atomic mass is 32.2. The third kappa shape index (κ3) is 3.59. The molecule has 4 rings (SSSR count). The molecule has 4 heteroatoms. The quantitative estimate of drug-likeness (QED) is 0.637. The van der Waals surface area contributed by atoms with Gasteiger partial charge in [-0.1, -0.05) is 87.2 Å². The van der Waals surface area contributed by atoms with Crippen molar-refractivity contribution in [2.24, 2.45) is 10.4 Å². The van der Waals surface area contributed by atoms with Gasteiger partial charge in [0.05, 0.1) is 21.1 Å². The highest BCUT2D eigenvalue weighted by Crippen LogP contribution is 2.48. The third-order valence-electron chi connectivity index (χ3n) is 6.24. The van der Waals surface area contributed by atoms with Crippen molar-refractivity contribution in [3.63, 3.8) is 0 Å². The van der Waals surface area contributed by atoms with E-state index in [1.807, 2.05) is 43.3 Å². The lowest BCUT2D eigenvalue weighted by Crippen LogP contribution is -2.43. The van der Waals surface area contributed by atoms with Crippen LogP contribution in [0.3, 0.4) is 0 Å². The van der Waals surface area contributed by atoms with Crippen molar-refractivity contribution < 1.29 is 8.42 Å². The number of allylic oxidation sites excluding steroid dienone is 1. The molecule has 3 nitrogen and oxygen atoms in total. The first-order valence-electron chi connectivity index (χ1n) is 10.5. The van der Waals surface area contributed by atoms with Gasteiger partial charge in [0, 0.05) is 5.41 Å². The Balaban J connectivity index is 1.89. The van der Waals surface area contributed by atoms with E-state index in [1.165, 1.54) is 0 Å². The summed E-state index contributed by atoms with van der Waals surface area (Å²) in [4.78, 5) is 6.12. The molecule has 0 saturated heterocycles. The lowest BCUT2D eigenvalue weighted by Gasteiger charge is -2.43. The Kier molecular flexibility index (Phi) is 5.02. The SMILES string of the molecule is Cc1ccc(S(=O)(=O)C2=CC(C)(C)C(c3ccccc3)=NC23CCCCC3)cc1. The van der Waals surface area contributed by atoms with Gasteiger partial charge in [-0.3, -0.25) is 4.99 Å². The number of benzene rings is 2. The summed E-state index contributed by atoms with van der Waals surface area (Å²) < 4.78 is 27.5. The van der Waals surface area contributed by atoms with Crippen LogP contribution in [0.5, 0.6) is 0 Å². The Morgan fingerprint density at radius 1 is 0.862 bits per heavy atom. The average Bonchev–Trinajstić information content (AvgIpc) is 2.71. The van der Waals surface area contributed by atoms with E-state index >= 15 is 0 Å². The van der Waals surface area contributed by atoms with Gasteiger partial charge in [0.2, 0.25) is 9.84 Å². The normalized spacial score (nSPS) is 20.8. The predicted molar refractivity (Wildman–Crippen MR) is 119 cm³/mol. The van der Waals surface area contributed by atoms with Crippen molar-refractivity contribution in [2.75, 3.05) is 0 Å². The highest BCUT2D eigenvalue weighted by Gasteiger charge is 2.47. The summed E-state index contributed by atoms with van der Waals surface area (Å²) in [6.07, 6.45) is 6.72. The van der Waals surface area contributed by atoms with Crippen LogP contribution in [-0.2, 0) is 9.84 Å². The van der Waals surface area contributed by atoms with Crippen LogP contribution < -0.4 is 0 Å². The van der Waals surface area contributed by atoms with Crippen LogP contribution in [0.15, 0.2) is 75.5 Å². The van der Waals surface area contributed by atoms with Crippen LogP contribution in [0, 0.1) is 12.3 Å². The van der Waals surface area contributed by atoms with Gasteiger partial charge in [-0.15, -0.1) is 0 Å². The molecule has 0 radical (unpaired) electrons. The first-order chi connectivity index (χ1) is 13.7. The highest BCUT2D eigenvalue weighted by molar-refractivity contribution is 7.95. The molecule has 1 aliphatic heterocycles. The molecule has 0 amide bonds. The zero-order valence-corrected chi connectivity index (χ0v) is 18.3. The molecule has 1 aliphatic carbocycles. The van der Waals surface area contributed by atoms with Gasteiger partial charge >= 0.3 is 0 Å². The number of hydrogen-bond acceptors (Lipinski definition) is 3. The second kappa shape index (κ2) is 7.24. The largest absolute Gasteiger partial charge is 0.276 e. The summed E-state index contributed by atoms with van der Waals surface area (Å²) in [6.45, 7) is 6.11. The Bertz CT molecular complexity index is 1060. The number of rotatable bonds is 3. The van der Waals surface area contributed by atoms with Gasteiger partial charge in [-0.05, 0) is 37.5 Å². The number of sulfone groups is 1. The molecule has 0 N–H and O–H groups in total. The molecule has 1 spiro atoms. The minimum absolute atomic E-state index is 0.369. The minimum atomic E-state index is -3.61. The van der Waals surface area contributed by atoms with E-state index in [9.17, 15) is 8.42 Å². The predicted octanol–water partition coefficient (Wildman–Crippen LogP) is 5.88. The van der Waals surface area contributed by atoms with Crippen LogP contribution in [0.2, 0.25) is 0 Å². The van der Waals surface area contributed by atoms with Crippen LogP contribution in [0.1, 0.15) is 57.1 Å². The number of hydrogen-bond donors (Lipinski definition) is 0. The van der Waals surface area contributed by atoms with Gasteiger partial charge in [0.25, 0.3) is 0 Å². The Morgan fingerprint density at radius 2 is 1.48 bits per heavy atom. The number of aliphatic imine (C=N–C) groups is 1. The van der Waals surface area contributed by atoms with Crippen molar-refractivity contribution in [1.82, 2.24) is 0 Å². The molecule has 1 heterocycles. The van der Waals surface area contributed by atoms with Gasteiger partial charge in [-0.25, -0.2) is 8.42 Å². The first-order valence-corrected chi connectivity index (χ1v) is 11.9. The zero-order valence-electron chi connectivity index (χ0n) is 17.5. The van der Waals surface area contributed by atoms with Crippen LogP contribution in [0.25, 0.3) is 0 Å². The van der Waals surface area contributed by atoms with E-state index in [1.54, 1.807) is 12.1 Å². The van der Waals surface area contributed by atoms with Crippen molar-refractivity contribution in [3.8, 4) is 0 Å². The standard InChI is InChI=1S/C25H29NO2S/c1-19-12-14-21(15-13-19)29(27,28)22-18-24(2,3)23(20-10-6-4-7-11-20)26-25(22)16-8-5-9-17-25/h4,6-7,10-15,18H,5,8-9,16-17H2,1-3H3. The zero-order chi connectivity index (χ0) is 20.7. The molecule has 29 heavy (non-hydrogen) atoms. The van der Waals surface area contributed by atoms with Gasteiger partial charge in [0.1, 0.15) is 0 Å². The van der Waals surface area contributed by atoms with E-state index < -0.39 is 20.8 Å². The smallest absolute Gasteiger partial charge is 0.204 e. The van der Waals surface area contributed by atoms with Crippen LogP contribution in [0.4, 0.5) is 0 Å². The molecule has 2 aromatic carbocycles. The van der Waals surface area contributed by atoms with E-state index in [0.29, 0.717) is 9.80 Å². The second-order valence-electron chi connectivity index (χ2n) is 8.97. The fourth-order valence-electron chi connectivity index (χ4n) is 4.64. The summed E-state index contributed by atoms with van der Waals surface area (Å²) in [7, 11) is -3.61. The third-order valence-corrected chi connectivity index (χ3v) is 8.21. The maximum atomic E-state index is 13.8. The lowest BCUT2D eigenvalue weighted by molar-refractivity contribution is 0.342. The lowest BCUT2D eigenvalue weighted by atomic mass is 9.73. The summed E-state index contributed by atoms with van der Waals surface area (Å²) in [5.74, 6) is 0. The molecule has 1 fully saturated rings. The maximum absolute atomic E-state index is 13.8. The Morgan fingerprint density at radius 3 is 2.10 bits per heavy atom. The van der Waals surface area contributed by atoms with Gasteiger partial charge < -0.3 is 0 Å². The molecule has 152 valence electrons. The summed E-state index contributed by atoms with van der Waals surface area (Å²) in [6, 6.07) is 17.4. The van der Waals surface area contributed by atoms with Crippen molar-refractivity contribution in [2.45, 2.75) is 63.3 Å². The van der Waals surface area contributed by atoms with Gasteiger partial charge in [-0.2, -0.15) is 0 Å². The van der Waals surface area contributed by atoms with E-state index in [-0.39, 0.29) is 0 Å². The number of dihydropyridines is 1. The maximum Gasteiger partial charge on any atom is 0.204 e. The summed E-state index contributed by atoms with van der Waals surface area (Å²) in [5.41, 5.74) is 2.01. The number of nitrogens with zero attached hydrogens (tertiary/aromatic N) is 1. The van der Waals surface area contributed by atoms with E-state index in [2.05, 4.69) is 26.0 Å². The molecule has 2 aromatic rings. The second-order valence-corrected chi connectivity index (χ2v) is 10.9. The van der Waals surface area contributed by atoms with Crippen molar-refractivity contribution in [3.05, 3.63) is 76.7 Å². The molecule has 0 bridgehead atoms. The van der Waals surface area contributed by atoms with Crippen molar-refractivity contribution >= 4 is 15.5 Å².